The molecule has 2 heterocycles. The van der Waals surface area contributed by atoms with Crippen LogP contribution < -0.4 is 5.32 Å². The molecule has 16 heavy (non-hydrogen) atoms. The third-order valence-corrected chi connectivity index (χ3v) is 3.43. The van der Waals surface area contributed by atoms with Crippen molar-refractivity contribution in [2.45, 2.75) is 12.3 Å². The summed E-state index contributed by atoms with van der Waals surface area (Å²) >= 11 is 3.46. The Morgan fingerprint density at radius 2 is 2.19 bits per heavy atom. The topological polar surface area (TPSA) is 63.6 Å². The Balaban J connectivity index is 1.89. The van der Waals surface area contributed by atoms with Gasteiger partial charge in [-0.1, -0.05) is 0 Å². The molecule has 0 unspecified atom stereocenters. The van der Waals surface area contributed by atoms with E-state index in [9.17, 15) is 0 Å². The lowest BCUT2D eigenvalue weighted by Gasteiger charge is -2.00. The zero-order valence-electron chi connectivity index (χ0n) is 8.75. The van der Waals surface area contributed by atoms with Crippen molar-refractivity contribution in [3.05, 3.63) is 28.7 Å². The summed E-state index contributed by atoms with van der Waals surface area (Å²) in [5.74, 6) is 1.55. The molecular formula is C9H11N5S2. The molecule has 0 atom stereocenters. The van der Waals surface area contributed by atoms with Crippen LogP contribution in [0, 0.1) is 0 Å². The highest BCUT2D eigenvalue weighted by atomic mass is 32.2. The molecule has 0 saturated heterocycles. The monoisotopic (exact) mass is 253 g/mol. The minimum absolute atomic E-state index is 0.578. The van der Waals surface area contributed by atoms with Gasteiger partial charge in [-0.05, 0) is 6.26 Å². The number of nitrogens with one attached hydrogen (secondary N) is 1. The van der Waals surface area contributed by atoms with Gasteiger partial charge in [0.15, 0.2) is 0 Å². The van der Waals surface area contributed by atoms with E-state index in [0.29, 0.717) is 12.5 Å². The van der Waals surface area contributed by atoms with Crippen molar-refractivity contribution in [1.82, 2.24) is 19.9 Å². The molecule has 0 fully saturated rings. The minimum atomic E-state index is 0.578. The first kappa shape index (κ1) is 11.3. The number of anilines is 1. The molecule has 0 aliphatic heterocycles. The fourth-order valence-electron chi connectivity index (χ4n) is 1.12. The molecule has 0 saturated carbocycles. The second-order valence-electron chi connectivity index (χ2n) is 2.98. The first-order valence-electron chi connectivity index (χ1n) is 4.66. The van der Waals surface area contributed by atoms with E-state index in [-0.39, 0.29) is 0 Å². The molecule has 0 aliphatic rings. The lowest BCUT2D eigenvalue weighted by atomic mass is 10.5. The van der Waals surface area contributed by atoms with E-state index in [1.165, 1.54) is 12.7 Å². The van der Waals surface area contributed by atoms with Crippen molar-refractivity contribution in [2.75, 3.05) is 11.6 Å². The van der Waals surface area contributed by atoms with E-state index in [0.717, 1.165) is 16.5 Å². The normalized spacial score (nSPS) is 10.3. The van der Waals surface area contributed by atoms with Crippen molar-refractivity contribution >= 4 is 29.0 Å². The lowest BCUT2D eigenvalue weighted by Crippen LogP contribution is -2.03. The number of aromatic nitrogens is 4. The van der Waals surface area contributed by atoms with Crippen LogP contribution >= 0.6 is 23.1 Å². The Labute approximate surface area is 102 Å². The lowest BCUT2D eigenvalue weighted by molar-refractivity contribution is 0.976. The molecule has 0 aliphatic carbocycles. The van der Waals surface area contributed by atoms with E-state index in [4.69, 9.17) is 0 Å². The number of nitrogens with zero attached hydrogens (tertiary/aromatic N) is 4. The van der Waals surface area contributed by atoms with Crippen LogP contribution in [-0.4, -0.2) is 26.2 Å². The summed E-state index contributed by atoms with van der Waals surface area (Å²) < 4.78 is 0. The van der Waals surface area contributed by atoms with Crippen LogP contribution in [0.1, 0.15) is 10.7 Å². The molecule has 0 aromatic carbocycles. The molecule has 0 spiro atoms. The van der Waals surface area contributed by atoms with Gasteiger partial charge in [0.1, 0.15) is 17.7 Å². The first-order chi connectivity index (χ1) is 7.88. The highest BCUT2D eigenvalue weighted by Gasteiger charge is 2.01. The Morgan fingerprint density at radius 1 is 1.38 bits per heavy atom. The van der Waals surface area contributed by atoms with Gasteiger partial charge in [-0.25, -0.2) is 19.9 Å². The van der Waals surface area contributed by atoms with Crippen LogP contribution in [-0.2, 0) is 12.3 Å². The molecule has 0 amide bonds. The Bertz CT molecular complexity index is 430. The van der Waals surface area contributed by atoms with Crippen molar-refractivity contribution < 1.29 is 0 Å². The molecule has 0 bridgehead atoms. The zero-order chi connectivity index (χ0) is 11.2. The summed E-state index contributed by atoms with van der Waals surface area (Å²) in [6, 6.07) is 0. The highest BCUT2D eigenvalue weighted by Crippen LogP contribution is 2.15. The Hall–Kier alpha value is -1.21. The van der Waals surface area contributed by atoms with Crippen LogP contribution in [0.4, 0.5) is 5.95 Å². The summed E-state index contributed by atoms with van der Waals surface area (Å²) in [4.78, 5) is 16.2. The van der Waals surface area contributed by atoms with Crippen molar-refractivity contribution in [1.29, 1.82) is 0 Å². The quantitative estimate of drug-likeness (QED) is 0.876. The minimum Gasteiger partial charge on any atom is -0.348 e. The molecule has 2 aromatic rings. The van der Waals surface area contributed by atoms with Crippen LogP contribution in [0.3, 0.4) is 0 Å². The number of thioether (sulfide) groups is 1. The standard InChI is InChI=1S/C9H11N5S2/c1-15-4-8-14-7(3-16-8)2-11-9-12-5-10-6-13-9/h3,5-6H,2,4H2,1H3,(H,10,11,12,13). The number of rotatable bonds is 5. The molecular weight excluding hydrogens is 242 g/mol. The van der Waals surface area contributed by atoms with Gasteiger partial charge >= 0.3 is 0 Å². The van der Waals surface area contributed by atoms with Crippen LogP contribution in [0.25, 0.3) is 0 Å². The molecule has 84 valence electrons. The molecule has 5 nitrogen and oxygen atoms in total. The van der Waals surface area contributed by atoms with Gasteiger partial charge in [0.25, 0.3) is 0 Å². The fraction of sp³-hybridized carbons (Fsp3) is 0.333. The van der Waals surface area contributed by atoms with E-state index in [1.54, 1.807) is 23.1 Å². The number of hydrogen-bond donors (Lipinski definition) is 1. The fourth-order valence-corrected chi connectivity index (χ4v) is 2.64. The zero-order valence-corrected chi connectivity index (χ0v) is 10.4. The predicted molar refractivity (Wildman–Crippen MR) is 66.5 cm³/mol. The summed E-state index contributed by atoms with van der Waals surface area (Å²) in [6.07, 6.45) is 5.01. The van der Waals surface area contributed by atoms with Crippen LogP contribution in [0.2, 0.25) is 0 Å². The van der Waals surface area contributed by atoms with Crippen molar-refractivity contribution in [3.8, 4) is 0 Å². The SMILES string of the molecule is CSCc1nc(CNc2ncncn2)cs1. The molecule has 2 aromatic heterocycles. The largest absolute Gasteiger partial charge is 0.348 e. The number of thiazole rings is 1. The van der Waals surface area contributed by atoms with Crippen LogP contribution in [0.15, 0.2) is 18.0 Å². The van der Waals surface area contributed by atoms with Crippen molar-refractivity contribution in [3.63, 3.8) is 0 Å². The predicted octanol–water partition coefficient (Wildman–Crippen LogP) is 1.80. The second kappa shape index (κ2) is 5.76. The summed E-state index contributed by atoms with van der Waals surface area (Å²) in [5.41, 5.74) is 1.02. The first-order valence-corrected chi connectivity index (χ1v) is 6.94. The molecule has 0 radical (unpaired) electrons. The Morgan fingerprint density at radius 3 is 2.94 bits per heavy atom. The molecule has 7 heteroatoms. The van der Waals surface area contributed by atoms with Gasteiger partial charge in [0.05, 0.1) is 12.2 Å². The smallest absolute Gasteiger partial charge is 0.225 e. The second-order valence-corrected chi connectivity index (χ2v) is 4.79. The highest BCUT2D eigenvalue weighted by molar-refractivity contribution is 7.97. The van der Waals surface area contributed by atoms with E-state index in [2.05, 4.69) is 36.9 Å². The average molecular weight is 253 g/mol. The third-order valence-electron chi connectivity index (χ3n) is 1.79. The van der Waals surface area contributed by atoms with Gasteiger partial charge in [-0.3, -0.25) is 0 Å². The van der Waals surface area contributed by atoms with Gasteiger partial charge in [-0.2, -0.15) is 11.8 Å². The Kier molecular flexibility index (Phi) is 4.06. The van der Waals surface area contributed by atoms with E-state index in [1.807, 2.05) is 0 Å². The van der Waals surface area contributed by atoms with Gasteiger partial charge in [-0.15, -0.1) is 11.3 Å². The van der Waals surface area contributed by atoms with Gasteiger partial charge < -0.3 is 5.32 Å². The molecule has 2 rings (SSSR count). The summed E-state index contributed by atoms with van der Waals surface area (Å²) in [6.45, 7) is 0.648. The van der Waals surface area contributed by atoms with Crippen LogP contribution in [0.5, 0.6) is 0 Å². The number of hydrogen-bond acceptors (Lipinski definition) is 7. The maximum absolute atomic E-state index is 4.48. The van der Waals surface area contributed by atoms with Crippen molar-refractivity contribution in [2.24, 2.45) is 0 Å². The third kappa shape index (κ3) is 3.14. The maximum atomic E-state index is 4.48. The summed E-state index contributed by atoms with van der Waals surface area (Å²) in [7, 11) is 0. The van der Waals surface area contributed by atoms with E-state index >= 15 is 0 Å². The molecule has 1 N–H and O–H groups in total. The summed E-state index contributed by atoms with van der Waals surface area (Å²) in [5, 5.41) is 6.30. The average Bonchev–Trinajstić information content (AvgIpc) is 2.76. The van der Waals surface area contributed by atoms with E-state index < -0.39 is 0 Å². The maximum Gasteiger partial charge on any atom is 0.225 e. The van der Waals surface area contributed by atoms with Gasteiger partial charge in [0, 0.05) is 11.1 Å². The van der Waals surface area contributed by atoms with Gasteiger partial charge in [0.2, 0.25) is 5.95 Å².